The van der Waals surface area contributed by atoms with E-state index in [2.05, 4.69) is 38.7 Å². The van der Waals surface area contributed by atoms with Gasteiger partial charge in [0.15, 0.2) is 0 Å². The molecule has 118 valence electrons. The summed E-state index contributed by atoms with van der Waals surface area (Å²) in [6, 6.07) is 11.9. The maximum atomic E-state index is 12.4. The summed E-state index contributed by atoms with van der Waals surface area (Å²) < 4.78 is 8.41. The predicted octanol–water partition coefficient (Wildman–Crippen LogP) is 4.99. The average molecular weight is 364 g/mol. The van der Waals surface area contributed by atoms with E-state index >= 15 is 0 Å². The zero-order valence-electron chi connectivity index (χ0n) is 13.5. The highest BCUT2D eigenvalue weighted by Crippen LogP contribution is 2.31. The molecule has 0 N–H and O–H groups in total. The third-order valence-electron chi connectivity index (χ3n) is 3.70. The zero-order valence-corrected chi connectivity index (χ0v) is 15.1. The third kappa shape index (κ3) is 3.43. The molecule has 2 rings (SSSR count). The van der Waals surface area contributed by atoms with E-state index in [0.29, 0.717) is 6.61 Å². The Morgan fingerprint density at radius 1 is 1.18 bits per heavy atom. The van der Waals surface area contributed by atoms with Gasteiger partial charge in [0.2, 0.25) is 0 Å². The van der Waals surface area contributed by atoms with Gasteiger partial charge in [0.1, 0.15) is 6.04 Å². The van der Waals surface area contributed by atoms with Crippen LogP contribution in [0.3, 0.4) is 0 Å². The van der Waals surface area contributed by atoms with Gasteiger partial charge in [0.25, 0.3) is 0 Å². The lowest BCUT2D eigenvalue weighted by molar-refractivity contribution is -0.148. The first kappa shape index (κ1) is 16.8. The monoisotopic (exact) mass is 363 g/mol. The van der Waals surface area contributed by atoms with Gasteiger partial charge >= 0.3 is 5.97 Å². The number of hydrogen-bond acceptors (Lipinski definition) is 2. The fourth-order valence-electron chi connectivity index (χ4n) is 2.68. The van der Waals surface area contributed by atoms with Gasteiger partial charge in [-0.3, -0.25) is 0 Å². The molecule has 4 heteroatoms. The standard InChI is InChI=1S/C18H22BrNO2/c1-5-22-18(21)17(12(2)3)20-13(4)6-11-16(20)14-7-9-15(19)10-8-14/h6-12,17H,5H2,1-4H3/t17-/m1/s1. The first-order chi connectivity index (χ1) is 10.5. The highest BCUT2D eigenvalue weighted by molar-refractivity contribution is 9.10. The van der Waals surface area contributed by atoms with Gasteiger partial charge in [-0.05, 0) is 49.6 Å². The molecule has 1 aromatic carbocycles. The fraction of sp³-hybridized carbons (Fsp3) is 0.389. The molecule has 0 saturated carbocycles. The second kappa shape index (κ2) is 7.14. The largest absolute Gasteiger partial charge is 0.464 e. The van der Waals surface area contributed by atoms with Gasteiger partial charge in [0, 0.05) is 15.9 Å². The Morgan fingerprint density at radius 2 is 1.82 bits per heavy atom. The zero-order chi connectivity index (χ0) is 16.3. The van der Waals surface area contributed by atoms with Gasteiger partial charge in [-0.15, -0.1) is 0 Å². The summed E-state index contributed by atoms with van der Waals surface area (Å²) in [4.78, 5) is 12.4. The minimum absolute atomic E-state index is 0.152. The van der Waals surface area contributed by atoms with Crippen molar-refractivity contribution in [2.24, 2.45) is 5.92 Å². The fourth-order valence-corrected chi connectivity index (χ4v) is 2.94. The van der Waals surface area contributed by atoms with Crippen LogP contribution < -0.4 is 0 Å². The maximum Gasteiger partial charge on any atom is 0.329 e. The van der Waals surface area contributed by atoms with Crippen LogP contribution in [-0.2, 0) is 9.53 Å². The van der Waals surface area contributed by atoms with E-state index in [9.17, 15) is 4.79 Å². The summed E-state index contributed by atoms with van der Waals surface area (Å²) in [5, 5.41) is 0. The van der Waals surface area contributed by atoms with E-state index in [1.54, 1.807) is 0 Å². The van der Waals surface area contributed by atoms with Crippen molar-refractivity contribution in [3.63, 3.8) is 0 Å². The number of esters is 1. The Hall–Kier alpha value is -1.55. The molecule has 1 atom stereocenters. The van der Waals surface area contributed by atoms with Crippen LogP contribution in [-0.4, -0.2) is 17.1 Å². The van der Waals surface area contributed by atoms with Gasteiger partial charge < -0.3 is 9.30 Å². The topological polar surface area (TPSA) is 31.2 Å². The molecule has 0 aliphatic heterocycles. The van der Waals surface area contributed by atoms with Crippen LogP contribution in [0.25, 0.3) is 11.3 Å². The summed E-state index contributed by atoms with van der Waals surface area (Å²) in [5.41, 5.74) is 3.19. The molecule has 0 bridgehead atoms. The molecule has 0 unspecified atom stereocenters. The SMILES string of the molecule is CCOC(=O)[C@@H](C(C)C)n1c(C)ccc1-c1ccc(Br)cc1. The minimum Gasteiger partial charge on any atom is -0.464 e. The Kier molecular flexibility index (Phi) is 5.46. The van der Waals surface area contributed by atoms with Crippen LogP contribution in [0.4, 0.5) is 0 Å². The van der Waals surface area contributed by atoms with E-state index in [1.807, 2.05) is 45.9 Å². The Morgan fingerprint density at radius 3 is 2.36 bits per heavy atom. The molecule has 0 radical (unpaired) electrons. The van der Waals surface area contributed by atoms with Crippen molar-refractivity contribution < 1.29 is 9.53 Å². The molecule has 0 aliphatic rings. The van der Waals surface area contributed by atoms with Crippen LogP contribution in [0.15, 0.2) is 40.9 Å². The summed E-state index contributed by atoms with van der Waals surface area (Å²) in [6.45, 7) is 8.36. The molecule has 0 fully saturated rings. The quantitative estimate of drug-likeness (QED) is 0.700. The lowest BCUT2D eigenvalue weighted by Crippen LogP contribution is -2.27. The lowest BCUT2D eigenvalue weighted by Gasteiger charge is -2.25. The van der Waals surface area contributed by atoms with Crippen molar-refractivity contribution in [2.45, 2.75) is 33.7 Å². The molecular formula is C18H22BrNO2. The van der Waals surface area contributed by atoms with Gasteiger partial charge in [0.05, 0.1) is 6.61 Å². The van der Waals surface area contributed by atoms with Gasteiger partial charge in [-0.25, -0.2) is 4.79 Å². The molecule has 0 spiro atoms. The van der Waals surface area contributed by atoms with E-state index in [-0.39, 0.29) is 17.9 Å². The summed E-state index contributed by atoms with van der Waals surface area (Å²) in [7, 11) is 0. The van der Waals surface area contributed by atoms with Crippen LogP contribution in [0.1, 0.15) is 32.5 Å². The highest BCUT2D eigenvalue weighted by Gasteiger charge is 2.28. The molecule has 0 saturated heterocycles. The van der Waals surface area contributed by atoms with Gasteiger partial charge in [-0.1, -0.05) is 41.9 Å². The number of benzene rings is 1. The molecule has 0 amide bonds. The number of ether oxygens (including phenoxy) is 1. The Labute approximate surface area is 140 Å². The molecular weight excluding hydrogens is 342 g/mol. The Bertz CT molecular complexity index is 644. The molecule has 0 aliphatic carbocycles. The molecule has 3 nitrogen and oxygen atoms in total. The maximum absolute atomic E-state index is 12.4. The lowest BCUT2D eigenvalue weighted by atomic mass is 10.0. The number of carbonyl (C=O) groups is 1. The molecule has 2 aromatic rings. The summed E-state index contributed by atoms with van der Waals surface area (Å²) >= 11 is 3.46. The smallest absolute Gasteiger partial charge is 0.329 e. The molecule has 22 heavy (non-hydrogen) atoms. The average Bonchev–Trinajstić information content (AvgIpc) is 2.82. The minimum atomic E-state index is -0.311. The van der Waals surface area contributed by atoms with Crippen molar-refractivity contribution in [3.8, 4) is 11.3 Å². The first-order valence-corrected chi connectivity index (χ1v) is 8.35. The third-order valence-corrected chi connectivity index (χ3v) is 4.23. The molecule has 1 heterocycles. The van der Waals surface area contributed by atoms with E-state index < -0.39 is 0 Å². The summed E-state index contributed by atoms with van der Waals surface area (Å²) in [5.74, 6) is -0.0190. The number of carbonyl (C=O) groups excluding carboxylic acids is 1. The second-order valence-electron chi connectivity index (χ2n) is 5.68. The van der Waals surface area contributed by atoms with Crippen molar-refractivity contribution in [1.82, 2.24) is 4.57 Å². The normalized spacial score (nSPS) is 12.5. The number of halogens is 1. The van der Waals surface area contributed by atoms with E-state index in [4.69, 9.17) is 4.74 Å². The highest BCUT2D eigenvalue weighted by atomic mass is 79.9. The van der Waals surface area contributed by atoms with Crippen molar-refractivity contribution in [3.05, 3.63) is 46.6 Å². The predicted molar refractivity (Wildman–Crippen MR) is 92.8 cm³/mol. The van der Waals surface area contributed by atoms with Crippen LogP contribution in [0.5, 0.6) is 0 Å². The van der Waals surface area contributed by atoms with Crippen LogP contribution >= 0.6 is 15.9 Å². The first-order valence-electron chi connectivity index (χ1n) is 7.56. The number of rotatable bonds is 5. The number of aromatic nitrogens is 1. The van der Waals surface area contributed by atoms with Crippen LogP contribution in [0.2, 0.25) is 0 Å². The number of hydrogen-bond donors (Lipinski definition) is 0. The van der Waals surface area contributed by atoms with Crippen molar-refractivity contribution in [2.75, 3.05) is 6.61 Å². The second-order valence-corrected chi connectivity index (χ2v) is 6.59. The van der Waals surface area contributed by atoms with Gasteiger partial charge in [-0.2, -0.15) is 0 Å². The molecule has 1 aromatic heterocycles. The Balaban J connectivity index is 2.51. The van der Waals surface area contributed by atoms with Crippen molar-refractivity contribution >= 4 is 21.9 Å². The summed E-state index contributed by atoms with van der Waals surface area (Å²) in [6.07, 6.45) is 0. The van der Waals surface area contributed by atoms with E-state index in [0.717, 1.165) is 21.4 Å². The van der Waals surface area contributed by atoms with Crippen molar-refractivity contribution in [1.29, 1.82) is 0 Å². The number of aryl methyl sites for hydroxylation is 1. The number of nitrogens with zero attached hydrogens (tertiary/aromatic N) is 1. The van der Waals surface area contributed by atoms with Crippen LogP contribution in [0, 0.1) is 12.8 Å². The van der Waals surface area contributed by atoms with E-state index in [1.165, 1.54) is 0 Å².